The van der Waals surface area contributed by atoms with Crippen LogP contribution in [0.5, 0.6) is 5.75 Å². The molecule has 3 aromatic rings. The number of nitrogens with zero attached hydrogens (tertiary/aromatic N) is 3. The normalized spacial score (nSPS) is 20.7. The average molecular weight is 423 g/mol. The summed E-state index contributed by atoms with van der Waals surface area (Å²) in [6, 6.07) is 3.55. The number of fused-ring (bicyclic) bond motifs is 1. The van der Waals surface area contributed by atoms with E-state index < -0.39 is 18.0 Å². The number of H-pyrrole nitrogens is 1. The summed E-state index contributed by atoms with van der Waals surface area (Å²) in [4.78, 5) is 5.76. The lowest BCUT2D eigenvalue weighted by atomic mass is 10.0. The van der Waals surface area contributed by atoms with Crippen molar-refractivity contribution in [3.63, 3.8) is 0 Å². The highest BCUT2D eigenvalue weighted by Crippen LogP contribution is 2.32. The minimum atomic E-state index is -4.38. The maximum absolute atomic E-state index is 14.4. The fourth-order valence-corrected chi connectivity index (χ4v) is 3.94. The van der Waals surface area contributed by atoms with Crippen LogP contribution in [0.1, 0.15) is 18.2 Å². The number of aromatic nitrogens is 3. The fourth-order valence-electron chi connectivity index (χ4n) is 3.94. The SMILES string of the molecule is Cc1[nH]nc2nc(-c3ccc(O)cc3F)cc(CN3C[C@H](C)NC[C@H]3C(F)(F)F)c12. The summed E-state index contributed by atoms with van der Waals surface area (Å²) in [5.41, 5.74) is 1.94. The van der Waals surface area contributed by atoms with Crippen molar-refractivity contribution in [3.8, 4) is 17.0 Å². The topological polar surface area (TPSA) is 77.1 Å². The Morgan fingerprint density at radius 2 is 2.03 bits per heavy atom. The first kappa shape index (κ1) is 20.5. The van der Waals surface area contributed by atoms with E-state index >= 15 is 0 Å². The van der Waals surface area contributed by atoms with E-state index in [0.29, 0.717) is 22.3 Å². The van der Waals surface area contributed by atoms with E-state index in [1.807, 2.05) is 6.92 Å². The second-order valence-electron chi connectivity index (χ2n) is 7.67. The van der Waals surface area contributed by atoms with Crippen molar-refractivity contribution >= 4 is 11.0 Å². The van der Waals surface area contributed by atoms with Gasteiger partial charge in [-0.2, -0.15) is 18.3 Å². The number of phenolic OH excluding ortho intramolecular Hbond substituents is 1. The standard InChI is InChI=1S/C20H21F4N5O/c1-10-8-29(17(7-25-10)20(22,23)24)9-12-5-16(14-4-3-13(30)6-15(14)21)26-19-18(12)11(2)27-28-19/h3-6,10,17,25,30H,7-9H2,1-2H3,(H,26,27,28)/t10-,17-/m0/s1. The number of hydrogen-bond donors (Lipinski definition) is 3. The molecule has 0 unspecified atom stereocenters. The summed E-state index contributed by atoms with van der Waals surface area (Å²) in [5.74, 6) is -0.903. The first-order chi connectivity index (χ1) is 14.1. The summed E-state index contributed by atoms with van der Waals surface area (Å²) >= 11 is 0. The number of phenols is 1. The van der Waals surface area contributed by atoms with Crippen LogP contribution >= 0.6 is 0 Å². The number of aromatic hydroxyl groups is 1. The highest BCUT2D eigenvalue weighted by atomic mass is 19.4. The van der Waals surface area contributed by atoms with Crippen LogP contribution in [0, 0.1) is 12.7 Å². The molecule has 3 N–H and O–H groups in total. The second-order valence-corrected chi connectivity index (χ2v) is 7.67. The van der Waals surface area contributed by atoms with Crippen molar-refractivity contribution in [1.29, 1.82) is 0 Å². The fraction of sp³-hybridized carbons (Fsp3) is 0.400. The van der Waals surface area contributed by atoms with Crippen LogP contribution in [0.3, 0.4) is 0 Å². The molecule has 0 amide bonds. The molecular weight excluding hydrogens is 402 g/mol. The third-order valence-corrected chi connectivity index (χ3v) is 5.38. The lowest BCUT2D eigenvalue weighted by molar-refractivity contribution is -0.190. The van der Waals surface area contributed by atoms with E-state index in [-0.39, 0.29) is 42.7 Å². The average Bonchev–Trinajstić information content (AvgIpc) is 3.02. The van der Waals surface area contributed by atoms with Crippen LogP contribution in [-0.4, -0.2) is 56.5 Å². The molecule has 10 heteroatoms. The van der Waals surface area contributed by atoms with Gasteiger partial charge in [-0.15, -0.1) is 0 Å². The predicted molar refractivity (Wildman–Crippen MR) is 103 cm³/mol. The Morgan fingerprint density at radius 3 is 2.73 bits per heavy atom. The van der Waals surface area contributed by atoms with Gasteiger partial charge in [0.25, 0.3) is 0 Å². The van der Waals surface area contributed by atoms with Gasteiger partial charge in [0.2, 0.25) is 0 Å². The lowest BCUT2D eigenvalue weighted by Crippen LogP contribution is -2.60. The van der Waals surface area contributed by atoms with E-state index in [1.165, 1.54) is 17.0 Å². The zero-order chi connectivity index (χ0) is 21.6. The number of rotatable bonds is 3. The molecule has 0 spiro atoms. The van der Waals surface area contributed by atoms with Crippen molar-refractivity contribution in [2.75, 3.05) is 13.1 Å². The number of alkyl halides is 3. The van der Waals surface area contributed by atoms with Gasteiger partial charge in [-0.3, -0.25) is 10.00 Å². The molecule has 1 aliphatic heterocycles. The number of aromatic amines is 1. The molecule has 2 aromatic heterocycles. The monoisotopic (exact) mass is 423 g/mol. The summed E-state index contributed by atoms with van der Waals surface area (Å²) in [6.45, 7) is 3.64. The minimum Gasteiger partial charge on any atom is -0.508 e. The minimum absolute atomic E-state index is 0.0162. The first-order valence-electron chi connectivity index (χ1n) is 9.51. The molecule has 0 bridgehead atoms. The van der Waals surface area contributed by atoms with Gasteiger partial charge < -0.3 is 10.4 Å². The van der Waals surface area contributed by atoms with Gasteiger partial charge in [-0.05, 0) is 37.6 Å². The molecule has 160 valence electrons. The quantitative estimate of drug-likeness (QED) is 0.562. The number of aryl methyl sites for hydroxylation is 1. The second kappa shape index (κ2) is 7.51. The number of hydrogen-bond acceptors (Lipinski definition) is 5. The number of halogens is 4. The first-order valence-corrected chi connectivity index (χ1v) is 9.51. The van der Waals surface area contributed by atoms with Crippen molar-refractivity contribution in [2.24, 2.45) is 0 Å². The van der Waals surface area contributed by atoms with Crippen LogP contribution < -0.4 is 5.32 Å². The molecule has 1 fully saturated rings. The molecule has 1 aromatic carbocycles. The summed E-state index contributed by atoms with van der Waals surface area (Å²) in [7, 11) is 0. The van der Waals surface area contributed by atoms with Crippen molar-refractivity contribution in [3.05, 3.63) is 41.3 Å². The van der Waals surface area contributed by atoms with Gasteiger partial charge in [0.05, 0.1) is 5.69 Å². The van der Waals surface area contributed by atoms with E-state index in [1.54, 1.807) is 13.0 Å². The molecule has 30 heavy (non-hydrogen) atoms. The van der Waals surface area contributed by atoms with Crippen LogP contribution in [-0.2, 0) is 6.54 Å². The zero-order valence-corrected chi connectivity index (χ0v) is 16.4. The zero-order valence-electron chi connectivity index (χ0n) is 16.4. The van der Waals surface area contributed by atoms with E-state index in [9.17, 15) is 22.7 Å². The van der Waals surface area contributed by atoms with Crippen LogP contribution in [0.2, 0.25) is 0 Å². The number of nitrogens with one attached hydrogen (secondary N) is 2. The molecule has 6 nitrogen and oxygen atoms in total. The van der Waals surface area contributed by atoms with Crippen LogP contribution in [0.25, 0.3) is 22.3 Å². The Balaban J connectivity index is 1.80. The lowest BCUT2D eigenvalue weighted by Gasteiger charge is -2.40. The van der Waals surface area contributed by atoms with Gasteiger partial charge in [-0.1, -0.05) is 0 Å². The molecular formula is C20H21F4N5O. The molecule has 1 aliphatic rings. The van der Waals surface area contributed by atoms with Gasteiger partial charge in [0, 0.05) is 48.4 Å². The molecule has 0 radical (unpaired) electrons. The maximum Gasteiger partial charge on any atom is 0.405 e. The van der Waals surface area contributed by atoms with E-state index in [0.717, 1.165) is 6.07 Å². The molecule has 0 saturated carbocycles. The van der Waals surface area contributed by atoms with E-state index in [4.69, 9.17) is 0 Å². The highest BCUT2D eigenvalue weighted by Gasteiger charge is 2.45. The Bertz CT molecular complexity index is 1080. The smallest absolute Gasteiger partial charge is 0.405 e. The maximum atomic E-state index is 14.4. The molecule has 1 saturated heterocycles. The summed E-state index contributed by atoms with van der Waals surface area (Å²) < 4.78 is 55.2. The Labute approximate surface area is 169 Å². The number of pyridine rings is 1. The van der Waals surface area contributed by atoms with Crippen LogP contribution in [0.15, 0.2) is 24.3 Å². The third kappa shape index (κ3) is 3.84. The predicted octanol–water partition coefficient (Wildman–Crippen LogP) is 3.50. The van der Waals surface area contributed by atoms with Crippen molar-refractivity contribution < 1.29 is 22.7 Å². The summed E-state index contributed by atoms with van der Waals surface area (Å²) in [5, 5.41) is 19.9. The Morgan fingerprint density at radius 1 is 1.27 bits per heavy atom. The van der Waals surface area contributed by atoms with Crippen LogP contribution in [0.4, 0.5) is 17.6 Å². The largest absolute Gasteiger partial charge is 0.508 e. The van der Waals surface area contributed by atoms with Gasteiger partial charge in [0.1, 0.15) is 17.6 Å². The van der Waals surface area contributed by atoms with Gasteiger partial charge in [0.15, 0.2) is 5.65 Å². The highest BCUT2D eigenvalue weighted by molar-refractivity contribution is 5.84. The Hall–Kier alpha value is -2.72. The molecule has 3 heterocycles. The van der Waals surface area contributed by atoms with Gasteiger partial charge >= 0.3 is 6.18 Å². The third-order valence-electron chi connectivity index (χ3n) is 5.38. The summed E-state index contributed by atoms with van der Waals surface area (Å²) in [6.07, 6.45) is -4.38. The molecule has 0 aliphatic carbocycles. The van der Waals surface area contributed by atoms with Gasteiger partial charge in [-0.25, -0.2) is 9.37 Å². The molecule has 2 atom stereocenters. The molecule has 4 rings (SSSR count). The van der Waals surface area contributed by atoms with Crippen molar-refractivity contribution in [2.45, 2.75) is 38.7 Å². The van der Waals surface area contributed by atoms with E-state index in [2.05, 4.69) is 20.5 Å². The number of piperazine rings is 1. The number of benzene rings is 1. The van der Waals surface area contributed by atoms with Crippen molar-refractivity contribution in [1.82, 2.24) is 25.4 Å². The Kier molecular flexibility index (Phi) is 5.15.